The van der Waals surface area contributed by atoms with Crippen molar-refractivity contribution in [2.45, 2.75) is 58.5 Å². The smallest absolute Gasteiger partial charge is 0.389 e. The van der Waals surface area contributed by atoms with Gasteiger partial charge < -0.3 is 20.6 Å². The molecule has 0 radical (unpaired) electrons. The Labute approximate surface area is 230 Å². The number of amides is 2. The zero-order valence-corrected chi connectivity index (χ0v) is 23.0. The van der Waals surface area contributed by atoms with Crippen LogP contribution >= 0.6 is 11.3 Å². The highest BCUT2D eigenvalue weighted by atomic mass is 32.1. The number of halogens is 6. The molecule has 0 aromatic carbocycles. The van der Waals surface area contributed by atoms with E-state index >= 15 is 0 Å². The summed E-state index contributed by atoms with van der Waals surface area (Å²) in [7, 11) is 0. The van der Waals surface area contributed by atoms with Crippen molar-refractivity contribution in [3.8, 4) is 10.4 Å². The Bertz CT molecular complexity index is 1300. The van der Waals surface area contributed by atoms with Gasteiger partial charge in [0.1, 0.15) is 11.5 Å². The van der Waals surface area contributed by atoms with Gasteiger partial charge in [-0.05, 0) is 46.6 Å². The van der Waals surface area contributed by atoms with Crippen molar-refractivity contribution in [1.82, 2.24) is 20.2 Å². The molecule has 3 heterocycles. The van der Waals surface area contributed by atoms with E-state index < -0.39 is 64.4 Å². The SMILES string of the molecule is C=C1CCCN1C(=O)c1nc(C(=O)NCC(C)(C)O)sc1-c1cnc(NCC(C)(C)C(F)(F)F)cc1C(F)(F)F. The third-order valence-corrected chi connectivity index (χ3v) is 7.20. The summed E-state index contributed by atoms with van der Waals surface area (Å²) >= 11 is 0.526. The number of pyridine rings is 1. The number of carbonyl (C=O) groups excluding carboxylic acids is 2. The molecule has 2 aromatic heterocycles. The number of thiazole rings is 1. The van der Waals surface area contributed by atoms with Crippen LogP contribution in [-0.4, -0.2) is 63.2 Å². The zero-order valence-electron chi connectivity index (χ0n) is 22.2. The minimum Gasteiger partial charge on any atom is -0.389 e. The fraction of sp³-hybridized carbons (Fsp3) is 0.520. The molecule has 1 aliphatic heterocycles. The van der Waals surface area contributed by atoms with E-state index in [1.54, 1.807) is 0 Å². The van der Waals surface area contributed by atoms with E-state index in [1.807, 2.05) is 0 Å². The maximum absolute atomic E-state index is 14.2. The average Bonchev–Trinajstić information content (AvgIpc) is 3.45. The number of aromatic nitrogens is 2. The van der Waals surface area contributed by atoms with Crippen LogP contribution in [0.15, 0.2) is 24.5 Å². The Morgan fingerprint density at radius 3 is 2.30 bits per heavy atom. The van der Waals surface area contributed by atoms with Gasteiger partial charge in [-0.3, -0.25) is 9.59 Å². The summed E-state index contributed by atoms with van der Waals surface area (Å²) in [5, 5.41) is 14.3. The number of alkyl halides is 6. The third-order valence-electron chi connectivity index (χ3n) is 6.11. The lowest BCUT2D eigenvalue weighted by Crippen LogP contribution is -2.38. The lowest BCUT2D eigenvalue weighted by atomic mass is 9.93. The molecule has 3 N–H and O–H groups in total. The van der Waals surface area contributed by atoms with Gasteiger partial charge in [-0.1, -0.05) is 6.58 Å². The monoisotopic (exact) mass is 593 g/mol. The molecule has 1 saturated heterocycles. The van der Waals surface area contributed by atoms with E-state index in [2.05, 4.69) is 27.2 Å². The first kappa shape index (κ1) is 31.3. The molecule has 1 fully saturated rings. The quantitative estimate of drug-likeness (QED) is 0.351. The number of nitrogens with zero attached hydrogens (tertiary/aromatic N) is 3. The first-order chi connectivity index (χ1) is 18.2. The molecule has 40 heavy (non-hydrogen) atoms. The second kappa shape index (κ2) is 11.0. The minimum absolute atomic E-state index is 0.197. The molecule has 1 aliphatic rings. The number of hydrogen-bond acceptors (Lipinski definition) is 7. The van der Waals surface area contributed by atoms with Crippen molar-refractivity contribution >= 4 is 29.0 Å². The van der Waals surface area contributed by atoms with E-state index in [4.69, 9.17) is 0 Å². The van der Waals surface area contributed by atoms with Crippen molar-refractivity contribution in [1.29, 1.82) is 0 Å². The molecular weight excluding hydrogens is 564 g/mol. The zero-order chi connectivity index (χ0) is 30.3. The molecule has 0 spiro atoms. The van der Waals surface area contributed by atoms with Crippen LogP contribution < -0.4 is 10.6 Å². The summed E-state index contributed by atoms with van der Waals surface area (Å²) in [5.74, 6) is -2.03. The number of nitrogens with one attached hydrogen (secondary N) is 2. The number of likely N-dealkylation sites (tertiary alicyclic amines) is 1. The summed E-state index contributed by atoms with van der Waals surface area (Å²) in [6.07, 6.45) is -7.75. The van der Waals surface area contributed by atoms with Crippen LogP contribution in [0.2, 0.25) is 0 Å². The van der Waals surface area contributed by atoms with E-state index in [0.717, 1.165) is 20.0 Å². The van der Waals surface area contributed by atoms with Gasteiger partial charge in [0.25, 0.3) is 11.8 Å². The topological polar surface area (TPSA) is 107 Å². The van der Waals surface area contributed by atoms with Crippen molar-refractivity contribution < 1.29 is 41.0 Å². The maximum atomic E-state index is 14.2. The average molecular weight is 594 g/mol. The van der Waals surface area contributed by atoms with E-state index in [9.17, 15) is 41.0 Å². The third kappa shape index (κ3) is 7.11. The summed E-state index contributed by atoms with van der Waals surface area (Å²) in [4.78, 5) is 35.0. The second-order valence-corrected chi connectivity index (χ2v) is 11.7. The normalized spacial score (nSPS) is 15.0. The Hall–Kier alpha value is -3.20. The summed E-state index contributed by atoms with van der Waals surface area (Å²) in [6, 6.07) is 0.554. The van der Waals surface area contributed by atoms with Crippen LogP contribution in [0.3, 0.4) is 0 Å². The van der Waals surface area contributed by atoms with Gasteiger partial charge in [0.05, 0.1) is 21.5 Å². The van der Waals surface area contributed by atoms with Crippen LogP contribution in [0, 0.1) is 5.41 Å². The van der Waals surface area contributed by atoms with Crippen molar-refractivity contribution in [3.05, 3.63) is 40.8 Å². The summed E-state index contributed by atoms with van der Waals surface area (Å²) in [5.41, 5.74) is -5.38. The van der Waals surface area contributed by atoms with Gasteiger partial charge in [-0.2, -0.15) is 26.3 Å². The molecule has 0 saturated carbocycles. The van der Waals surface area contributed by atoms with Gasteiger partial charge in [0.2, 0.25) is 0 Å². The number of allylic oxidation sites excluding steroid dienone is 1. The maximum Gasteiger partial charge on any atom is 0.417 e. The van der Waals surface area contributed by atoms with Gasteiger partial charge in [0.15, 0.2) is 5.01 Å². The fourth-order valence-electron chi connectivity index (χ4n) is 3.60. The highest BCUT2D eigenvalue weighted by molar-refractivity contribution is 7.17. The molecule has 0 aliphatic carbocycles. The summed E-state index contributed by atoms with van der Waals surface area (Å²) in [6.45, 7) is 7.77. The lowest BCUT2D eigenvalue weighted by Gasteiger charge is -2.28. The van der Waals surface area contributed by atoms with Gasteiger partial charge in [-0.25, -0.2) is 9.97 Å². The van der Waals surface area contributed by atoms with Gasteiger partial charge in [0, 0.05) is 37.1 Å². The molecule has 220 valence electrons. The minimum atomic E-state index is -5.00. The van der Waals surface area contributed by atoms with Crippen molar-refractivity contribution in [2.75, 3.05) is 25.0 Å². The molecule has 15 heteroatoms. The Morgan fingerprint density at radius 1 is 1.12 bits per heavy atom. The second-order valence-electron chi connectivity index (χ2n) is 10.7. The van der Waals surface area contributed by atoms with Crippen LogP contribution in [0.1, 0.15) is 66.4 Å². The molecule has 8 nitrogen and oxygen atoms in total. The predicted octanol–water partition coefficient (Wildman–Crippen LogP) is 5.47. The first-order valence-corrected chi connectivity index (χ1v) is 12.9. The fourth-order valence-corrected chi connectivity index (χ4v) is 4.60. The van der Waals surface area contributed by atoms with E-state index in [0.29, 0.717) is 35.9 Å². The molecule has 0 unspecified atom stereocenters. The number of aliphatic hydroxyl groups is 1. The molecule has 0 atom stereocenters. The van der Waals surface area contributed by atoms with Crippen LogP contribution in [-0.2, 0) is 6.18 Å². The summed E-state index contributed by atoms with van der Waals surface area (Å²) < 4.78 is 82.3. The number of hydrogen-bond donors (Lipinski definition) is 3. The largest absolute Gasteiger partial charge is 0.417 e. The lowest BCUT2D eigenvalue weighted by molar-refractivity contribution is -0.206. The number of rotatable bonds is 8. The molecule has 2 aromatic rings. The van der Waals surface area contributed by atoms with Gasteiger partial charge in [-0.15, -0.1) is 11.3 Å². The number of anilines is 1. The Morgan fingerprint density at radius 2 is 1.77 bits per heavy atom. The van der Waals surface area contributed by atoms with Crippen LogP contribution in [0.5, 0.6) is 0 Å². The Kier molecular flexibility index (Phi) is 8.61. The Balaban J connectivity index is 2.09. The standard InChI is InChI=1S/C25H29F6N5O3S/c1-13-7-6-8-36(13)21(38)17-18(40-20(35-17)19(37)34-12-23(4,5)39)14-10-32-16(9-15(14)24(26,27)28)33-11-22(2,3)25(29,30)31/h9-10,39H,1,6-8,11-12H2,2-5H3,(H,32,33)(H,34,37). The van der Waals surface area contributed by atoms with Crippen LogP contribution in [0.25, 0.3) is 10.4 Å². The first-order valence-electron chi connectivity index (χ1n) is 12.1. The van der Waals surface area contributed by atoms with Gasteiger partial charge >= 0.3 is 12.4 Å². The molecule has 3 rings (SSSR count). The number of carbonyl (C=O) groups is 2. The highest BCUT2D eigenvalue weighted by Crippen LogP contribution is 2.43. The highest BCUT2D eigenvalue weighted by Gasteiger charge is 2.47. The van der Waals surface area contributed by atoms with Crippen molar-refractivity contribution in [2.24, 2.45) is 5.41 Å². The molecular formula is C25H29F6N5O3S. The van der Waals surface area contributed by atoms with Crippen molar-refractivity contribution in [3.63, 3.8) is 0 Å². The molecule has 0 bridgehead atoms. The van der Waals surface area contributed by atoms with E-state index in [-0.39, 0.29) is 23.0 Å². The molecule has 2 amide bonds. The predicted molar refractivity (Wildman–Crippen MR) is 137 cm³/mol. The van der Waals surface area contributed by atoms with Crippen LogP contribution in [0.4, 0.5) is 32.2 Å². The van der Waals surface area contributed by atoms with E-state index in [1.165, 1.54) is 18.7 Å².